The van der Waals surface area contributed by atoms with Crippen LogP contribution in [0.1, 0.15) is 106 Å². The predicted molar refractivity (Wildman–Crippen MR) is 167 cm³/mol. The molecule has 240 valence electrons. The van der Waals surface area contributed by atoms with E-state index in [0.29, 0.717) is 28.7 Å². The molecule has 0 aliphatic heterocycles. The molecule has 0 bridgehead atoms. The van der Waals surface area contributed by atoms with E-state index in [1.54, 1.807) is 19.1 Å². The summed E-state index contributed by atoms with van der Waals surface area (Å²) in [4.78, 5) is 28.4. The Labute approximate surface area is 261 Å². The van der Waals surface area contributed by atoms with E-state index in [1.807, 2.05) is 0 Å². The first-order valence-electron chi connectivity index (χ1n) is 14.8. The molecule has 8 nitrogen and oxygen atoms in total. The molecule has 2 aliphatic rings. The van der Waals surface area contributed by atoms with Gasteiger partial charge in [-0.25, -0.2) is 18.9 Å². The number of nitrogens with two attached hydrogens (primary N) is 1. The first-order chi connectivity index (χ1) is 20.6. The molecule has 0 saturated heterocycles. The number of nitrogens with one attached hydrogen (secondary N) is 1. The molecule has 2 atom stereocenters. The molecule has 3 N–H and O–H groups in total. The number of halogens is 2. The van der Waals surface area contributed by atoms with Crippen molar-refractivity contribution in [2.24, 2.45) is 11.1 Å². The second kappa shape index (κ2) is 16.6. The Hall–Kier alpha value is -3.44. The van der Waals surface area contributed by atoms with E-state index >= 15 is 0 Å². The normalized spacial score (nSPS) is 16.9. The van der Waals surface area contributed by atoms with Crippen LogP contribution >= 0.6 is 0 Å². The number of hydrogen-bond donors (Lipinski definition) is 2. The number of hydrogen-bond acceptors (Lipinski definition) is 6. The Balaban J connectivity index is 0.000000238. The molecule has 2 unspecified atom stereocenters. The van der Waals surface area contributed by atoms with Crippen LogP contribution in [-0.2, 0) is 16.1 Å². The van der Waals surface area contributed by atoms with Gasteiger partial charge < -0.3 is 13.9 Å². The smallest absolute Gasteiger partial charge is 0.285 e. The second-order valence-electron chi connectivity index (χ2n) is 11.2. The number of rotatable bonds is 8. The van der Waals surface area contributed by atoms with E-state index in [1.165, 1.54) is 62.9 Å². The molecule has 0 radical (unpaired) electrons. The molecule has 1 aromatic heterocycles. The Morgan fingerprint density at radius 2 is 1.68 bits per heavy atom. The van der Waals surface area contributed by atoms with E-state index in [9.17, 15) is 22.6 Å². The fourth-order valence-corrected chi connectivity index (χ4v) is 6.32. The van der Waals surface area contributed by atoms with Crippen LogP contribution < -0.4 is 14.6 Å². The monoisotopic (exact) mass is 631 g/mol. The number of aryl methyl sites for hydroxylation is 1. The van der Waals surface area contributed by atoms with Gasteiger partial charge in [-0.15, -0.1) is 0 Å². The van der Waals surface area contributed by atoms with Crippen LogP contribution in [0.2, 0.25) is 0 Å². The number of nitrogens with zero attached hydrogens (tertiary/aromatic N) is 1. The van der Waals surface area contributed by atoms with E-state index in [0.717, 1.165) is 44.2 Å². The van der Waals surface area contributed by atoms with Crippen molar-refractivity contribution in [3.05, 3.63) is 71.2 Å². The van der Waals surface area contributed by atoms with Crippen LogP contribution in [0.15, 0.2) is 46.9 Å². The van der Waals surface area contributed by atoms with Crippen molar-refractivity contribution < 1.29 is 31.2 Å². The topological polar surface area (TPSA) is 125 Å². The van der Waals surface area contributed by atoms with Gasteiger partial charge in [0.15, 0.2) is 29.0 Å². The first-order valence-corrected chi connectivity index (χ1v) is 15.9. The summed E-state index contributed by atoms with van der Waals surface area (Å²) in [6, 6.07) is 9.50. The summed E-state index contributed by atoms with van der Waals surface area (Å²) >= 11 is -2.06. The molecule has 1 amide bonds. The van der Waals surface area contributed by atoms with E-state index in [-0.39, 0.29) is 30.8 Å². The summed E-state index contributed by atoms with van der Waals surface area (Å²) in [5.41, 5.74) is 1.82. The Morgan fingerprint density at radius 3 is 2.27 bits per heavy atom. The van der Waals surface area contributed by atoms with E-state index in [2.05, 4.69) is 10.3 Å². The van der Waals surface area contributed by atoms with Gasteiger partial charge >= 0.3 is 0 Å². The number of ketones is 1. The molecule has 2 fully saturated rings. The summed E-state index contributed by atoms with van der Waals surface area (Å²) in [6.45, 7) is 3.20. The average molecular weight is 632 g/mol. The Kier molecular flexibility index (Phi) is 13.2. The lowest BCUT2D eigenvalue weighted by Crippen LogP contribution is -2.45. The van der Waals surface area contributed by atoms with Gasteiger partial charge in [0, 0.05) is 30.9 Å². The van der Waals surface area contributed by atoms with Gasteiger partial charge in [0.25, 0.3) is 11.3 Å². The summed E-state index contributed by atoms with van der Waals surface area (Å²) in [5, 5.41) is 7.78. The summed E-state index contributed by atoms with van der Waals surface area (Å²) in [6.07, 6.45) is 11.0. The molecule has 11 heteroatoms. The van der Waals surface area contributed by atoms with Crippen molar-refractivity contribution in [3.8, 4) is 17.1 Å². The molecular formula is C33H43F2N3O5S. The van der Waals surface area contributed by atoms with Crippen LogP contribution in [0.5, 0.6) is 5.75 Å². The van der Waals surface area contributed by atoms with Crippen LogP contribution in [0.25, 0.3) is 11.3 Å². The molecule has 5 rings (SSSR count). The first kappa shape index (κ1) is 35.0. The molecule has 44 heavy (non-hydrogen) atoms. The highest BCUT2D eigenvalue weighted by molar-refractivity contribution is 7.78. The highest BCUT2D eigenvalue weighted by Gasteiger charge is 2.31. The molecular weight excluding hydrogens is 588 g/mol. The van der Waals surface area contributed by atoms with Gasteiger partial charge in [-0.1, -0.05) is 58.1 Å². The second-order valence-corrected chi connectivity index (χ2v) is 11.9. The van der Waals surface area contributed by atoms with Crippen LogP contribution in [0, 0.1) is 24.5 Å². The zero-order chi connectivity index (χ0) is 30.9. The number of carbonyl (C=O) groups excluding carboxylic acids is 2. The zero-order valence-electron chi connectivity index (χ0n) is 24.6. The van der Waals surface area contributed by atoms with E-state index < -0.39 is 28.9 Å². The summed E-state index contributed by atoms with van der Waals surface area (Å²) in [7, 11) is 0. The van der Waals surface area contributed by atoms with Gasteiger partial charge in [-0.05, 0) is 61.9 Å². The Bertz CT molecular complexity index is 1430. The van der Waals surface area contributed by atoms with Crippen LogP contribution in [0.4, 0.5) is 8.78 Å². The maximum absolute atomic E-state index is 14.1. The minimum absolute atomic E-state index is 0. The highest BCUT2D eigenvalue weighted by atomic mass is 32.2. The molecule has 1 heterocycles. The Morgan fingerprint density at radius 1 is 1.02 bits per heavy atom. The van der Waals surface area contributed by atoms with Crippen molar-refractivity contribution in [1.29, 1.82) is 0 Å². The average Bonchev–Trinajstić information content (AvgIpc) is 3.39. The number of carbonyl (C=O) groups is 2. The van der Waals surface area contributed by atoms with Crippen molar-refractivity contribution in [2.75, 3.05) is 0 Å². The largest absolute Gasteiger partial charge is 0.441 e. The fourth-order valence-electron chi connectivity index (χ4n) is 6.01. The zero-order valence-corrected chi connectivity index (χ0v) is 25.4. The number of benzene rings is 2. The molecule has 0 spiro atoms. The van der Waals surface area contributed by atoms with Gasteiger partial charge in [0.1, 0.15) is 5.82 Å². The van der Waals surface area contributed by atoms with Gasteiger partial charge in [-0.2, -0.15) is 4.21 Å². The van der Waals surface area contributed by atoms with Crippen molar-refractivity contribution in [3.63, 3.8) is 0 Å². The number of amides is 1. The third-order valence-corrected chi connectivity index (χ3v) is 8.33. The molecule has 3 aromatic rings. The molecule has 2 aliphatic carbocycles. The van der Waals surface area contributed by atoms with Crippen molar-refractivity contribution in [1.82, 2.24) is 10.3 Å². The fraction of sp³-hybridized carbons (Fsp3) is 0.485. The lowest BCUT2D eigenvalue weighted by molar-refractivity contribution is -0.119. The lowest BCUT2D eigenvalue weighted by atomic mass is 9.81. The van der Waals surface area contributed by atoms with Crippen molar-refractivity contribution >= 4 is 23.0 Å². The quantitative estimate of drug-likeness (QED) is 0.248. The number of aromatic nitrogens is 1. The predicted octanol–water partition coefficient (Wildman–Crippen LogP) is 7.48. The summed E-state index contributed by atoms with van der Waals surface area (Å²) < 4.78 is 48.7. The van der Waals surface area contributed by atoms with Crippen molar-refractivity contribution in [2.45, 2.75) is 97.4 Å². The molecule has 2 saturated carbocycles. The third-order valence-electron chi connectivity index (χ3n) is 7.99. The minimum atomic E-state index is -2.06. The minimum Gasteiger partial charge on any atom is -0.441 e. The SMILES string of the molecule is C.CC(=O)NC(C(=O)c1cccc(F)c1)C1CCCCC1.Cc1nc(C2CCCCC2)c(-c2ccc(OS(N)=O)c(F)c2)o1. The highest BCUT2D eigenvalue weighted by Crippen LogP contribution is 2.39. The third kappa shape index (κ3) is 9.53. The maximum Gasteiger partial charge on any atom is 0.285 e. The number of Topliss-reactive ketones (excluding diaryl/α,β-unsaturated/α-hetero) is 1. The van der Waals surface area contributed by atoms with Crippen LogP contribution in [0.3, 0.4) is 0 Å². The van der Waals surface area contributed by atoms with E-state index in [4.69, 9.17) is 13.7 Å². The maximum atomic E-state index is 14.1. The molecule has 2 aromatic carbocycles. The van der Waals surface area contributed by atoms with Crippen LogP contribution in [-0.4, -0.2) is 26.9 Å². The summed E-state index contributed by atoms with van der Waals surface area (Å²) in [5.74, 6) is 0.0706. The van der Waals surface area contributed by atoms with Gasteiger partial charge in [0.2, 0.25) is 5.91 Å². The standard InChI is InChI=1S/C16H19FN2O3S.C16H20FNO2.CH4/c1-10-19-15(11-5-3-2-4-6-11)16(21-10)12-7-8-14(13(17)9-12)22-23(18)20;1-11(19)18-15(12-6-3-2-4-7-12)16(20)13-8-5-9-14(17)10-13;/h7-9,11H,2-6,18H2,1H3;5,8-10,12,15H,2-4,6-7H2,1H3,(H,18,19);1H4. The van der Waals surface area contributed by atoms with Gasteiger partial charge in [0.05, 0.1) is 11.7 Å². The number of oxazole rings is 1. The van der Waals surface area contributed by atoms with Gasteiger partial charge in [-0.3, -0.25) is 9.59 Å². The lowest BCUT2D eigenvalue weighted by Gasteiger charge is -2.29.